The summed E-state index contributed by atoms with van der Waals surface area (Å²) in [6.07, 6.45) is 0.892. The highest BCUT2D eigenvalue weighted by Gasteiger charge is 2.34. The Labute approximate surface area is 179 Å². The number of fused-ring (bicyclic) bond motifs is 3. The molecular formula is C23H23ClN2O4. The molecular weight excluding hydrogens is 404 g/mol. The Kier molecular flexibility index (Phi) is 5.68. The molecule has 1 atom stereocenters. The second-order valence-corrected chi connectivity index (χ2v) is 7.73. The van der Waals surface area contributed by atoms with Crippen molar-refractivity contribution in [3.63, 3.8) is 0 Å². The number of aromatic amines is 1. The maximum absolute atomic E-state index is 13.1. The molecule has 0 aliphatic carbocycles. The molecule has 1 aliphatic heterocycles. The minimum Gasteiger partial charge on any atom is -0.497 e. The van der Waals surface area contributed by atoms with Gasteiger partial charge in [0.15, 0.2) is 0 Å². The Morgan fingerprint density at radius 3 is 2.60 bits per heavy atom. The molecule has 1 N–H and O–H groups in total. The number of rotatable bonds is 5. The van der Waals surface area contributed by atoms with Gasteiger partial charge in [0.1, 0.15) is 5.75 Å². The first-order chi connectivity index (χ1) is 14.5. The number of hydrogen-bond acceptors (Lipinski definition) is 4. The summed E-state index contributed by atoms with van der Waals surface area (Å²) in [7, 11) is 2.95. The van der Waals surface area contributed by atoms with Gasteiger partial charge < -0.3 is 19.4 Å². The molecule has 3 aromatic rings. The zero-order valence-corrected chi connectivity index (χ0v) is 17.7. The summed E-state index contributed by atoms with van der Waals surface area (Å²) >= 11 is 6.23. The van der Waals surface area contributed by atoms with E-state index in [1.165, 1.54) is 12.7 Å². The number of carbonyl (C=O) groups is 2. The zero-order chi connectivity index (χ0) is 21.3. The molecule has 0 saturated carbocycles. The van der Waals surface area contributed by atoms with Gasteiger partial charge in [0.25, 0.3) is 0 Å². The van der Waals surface area contributed by atoms with Crippen molar-refractivity contribution in [3.05, 3.63) is 64.3 Å². The van der Waals surface area contributed by atoms with Gasteiger partial charge in [-0.25, -0.2) is 0 Å². The number of aromatic nitrogens is 1. The van der Waals surface area contributed by atoms with Crippen LogP contribution < -0.4 is 4.74 Å². The SMILES string of the molecule is COC(=O)CCC(=O)N1CCc2c([nH]c3ccc(Cl)cc23)C1c1ccc(OC)cc1. The van der Waals surface area contributed by atoms with Gasteiger partial charge in [-0.1, -0.05) is 23.7 Å². The van der Waals surface area contributed by atoms with E-state index in [0.29, 0.717) is 18.0 Å². The van der Waals surface area contributed by atoms with Gasteiger partial charge in [0.2, 0.25) is 5.91 Å². The summed E-state index contributed by atoms with van der Waals surface area (Å²) in [6.45, 7) is 0.559. The number of nitrogens with zero attached hydrogens (tertiary/aromatic N) is 1. The molecule has 0 saturated heterocycles. The first-order valence-corrected chi connectivity index (χ1v) is 10.2. The van der Waals surface area contributed by atoms with Gasteiger partial charge in [-0.3, -0.25) is 9.59 Å². The summed E-state index contributed by atoms with van der Waals surface area (Å²) in [6, 6.07) is 13.2. The molecule has 156 valence electrons. The summed E-state index contributed by atoms with van der Waals surface area (Å²) in [5, 5.41) is 1.76. The summed E-state index contributed by atoms with van der Waals surface area (Å²) in [5.74, 6) is 0.285. The van der Waals surface area contributed by atoms with Crippen LogP contribution in [0.2, 0.25) is 5.02 Å². The molecule has 4 rings (SSSR count). The summed E-state index contributed by atoms with van der Waals surface area (Å²) < 4.78 is 9.97. The van der Waals surface area contributed by atoms with Crippen molar-refractivity contribution in [2.45, 2.75) is 25.3 Å². The minimum atomic E-state index is -0.387. The number of hydrogen-bond donors (Lipinski definition) is 1. The largest absolute Gasteiger partial charge is 0.497 e. The summed E-state index contributed by atoms with van der Waals surface area (Å²) in [5.41, 5.74) is 4.12. The van der Waals surface area contributed by atoms with Crippen LogP contribution in [-0.2, 0) is 20.7 Å². The number of benzene rings is 2. The highest BCUT2D eigenvalue weighted by Crippen LogP contribution is 2.39. The van der Waals surface area contributed by atoms with Crippen LogP contribution in [0.3, 0.4) is 0 Å². The van der Waals surface area contributed by atoms with Gasteiger partial charge in [0, 0.05) is 34.6 Å². The van der Waals surface area contributed by atoms with E-state index in [-0.39, 0.29) is 30.8 Å². The molecule has 0 radical (unpaired) electrons. The molecule has 30 heavy (non-hydrogen) atoms. The Morgan fingerprint density at radius 2 is 1.90 bits per heavy atom. The molecule has 1 aliphatic rings. The van der Waals surface area contributed by atoms with Crippen LogP contribution in [0.5, 0.6) is 5.75 Å². The van der Waals surface area contributed by atoms with Gasteiger partial charge in [-0.2, -0.15) is 0 Å². The predicted molar refractivity (Wildman–Crippen MR) is 115 cm³/mol. The number of H-pyrrole nitrogens is 1. The quantitative estimate of drug-likeness (QED) is 0.619. The molecule has 1 amide bonds. The number of esters is 1. The monoisotopic (exact) mass is 426 g/mol. The molecule has 0 spiro atoms. The third kappa shape index (κ3) is 3.75. The van der Waals surface area contributed by atoms with E-state index in [4.69, 9.17) is 21.1 Å². The molecule has 1 unspecified atom stereocenters. The van der Waals surface area contributed by atoms with Crippen LogP contribution in [-0.4, -0.2) is 42.5 Å². The fraction of sp³-hybridized carbons (Fsp3) is 0.304. The van der Waals surface area contributed by atoms with E-state index in [1.807, 2.05) is 47.4 Å². The normalized spacial score (nSPS) is 15.7. The molecule has 0 fully saturated rings. The van der Waals surface area contributed by atoms with Gasteiger partial charge in [0.05, 0.1) is 26.7 Å². The van der Waals surface area contributed by atoms with Crippen LogP contribution in [0.15, 0.2) is 42.5 Å². The number of ether oxygens (including phenoxy) is 2. The van der Waals surface area contributed by atoms with Gasteiger partial charge in [-0.15, -0.1) is 0 Å². The molecule has 0 bridgehead atoms. The van der Waals surface area contributed by atoms with E-state index >= 15 is 0 Å². The number of nitrogens with one attached hydrogen (secondary N) is 1. The Balaban J connectivity index is 1.76. The maximum Gasteiger partial charge on any atom is 0.306 e. The van der Waals surface area contributed by atoms with E-state index in [9.17, 15) is 9.59 Å². The average molecular weight is 427 g/mol. The van der Waals surface area contributed by atoms with Crippen LogP contribution in [0.25, 0.3) is 10.9 Å². The number of carbonyl (C=O) groups excluding carboxylic acids is 2. The Hall–Kier alpha value is -2.99. The van der Waals surface area contributed by atoms with Gasteiger partial charge >= 0.3 is 5.97 Å². The van der Waals surface area contributed by atoms with Crippen LogP contribution in [0.4, 0.5) is 0 Å². The van der Waals surface area contributed by atoms with Crippen molar-refractivity contribution in [2.24, 2.45) is 0 Å². The van der Waals surface area contributed by atoms with Crippen LogP contribution >= 0.6 is 11.6 Å². The lowest BCUT2D eigenvalue weighted by Gasteiger charge is -2.36. The topological polar surface area (TPSA) is 71.6 Å². The lowest BCUT2D eigenvalue weighted by Crippen LogP contribution is -2.40. The fourth-order valence-corrected chi connectivity index (χ4v) is 4.29. The molecule has 1 aromatic heterocycles. The highest BCUT2D eigenvalue weighted by atomic mass is 35.5. The summed E-state index contributed by atoms with van der Waals surface area (Å²) in [4.78, 5) is 29.9. The van der Waals surface area contributed by atoms with E-state index < -0.39 is 0 Å². The molecule has 6 nitrogen and oxygen atoms in total. The van der Waals surface area contributed by atoms with Crippen molar-refractivity contribution >= 4 is 34.4 Å². The highest BCUT2D eigenvalue weighted by molar-refractivity contribution is 6.31. The van der Waals surface area contributed by atoms with Crippen molar-refractivity contribution in [2.75, 3.05) is 20.8 Å². The fourth-order valence-electron chi connectivity index (χ4n) is 4.12. The van der Waals surface area contributed by atoms with Gasteiger partial charge in [-0.05, 0) is 47.9 Å². The predicted octanol–water partition coefficient (Wildman–Crippen LogP) is 4.26. The van der Waals surface area contributed by atoms with Crippen molar-refractivity contribution in [3.8, 4) is 5.75 Å². The Morgan fingerprint density at radius 1 is 1.13 bits per heavy atom. The van der Waals surface area contributed by atoms with Crippen molar-refractivity contribution < 1.29 is 19.1 Å². The first-order valence-electron chi connectivity index (χ1n) is 9.82. The lowest BCUT2D eigenvalue weighted by molar-refractivity contribution is -0.144. The molecule has 2 heterocycles. The minimum absolute atomic E-state index is 0.0658. The Bertz CT molecular complexity index is 1090. The number of halogens is 1. The standard InChI is InChI=1S/C23H23ClN2O4/c1-29-16-6-3-14(4-7-16)23-22-17(18-13-15(24)5-8-19(18)25-22)11-12-26(23)20(27)9-10-21(28)30-2/h3-8,13,23,25H,9-12H2,1-2H3. The van der Waals surface area contributed by atoms with E-state index in [2.05, 4.69) is 4.98 Å². The third-order valence-corrected chi connectivity index (χ3v) is 5.85. The van der Waals surface area contributed by atoms with E-state index in [0.717, 1.165) is 27.9 Å². The van der Waals surface area contributed by atoms with Crippen molar-refractivity contribution in [1.29, 1.82) is 0 Å². The third-order valence-electron chi connectivity index (χ3n) is 5.61. The lowest BCUT2D eigenvalue weighted by atomic mass is 9.92. The number of amides is 1. The van der Waals surface area contributed by atoms with Crippen LogP contribution in [0, 0.1) is 0 Å². The number of methoxy groups -OCH3 is 2. The van der Waals surface area contributed by atoms with Crippen molar-refractivity contribution in [1.82, 2.24) is 9.88 Å². The van der Waals surface area contributed by atoms with Crippen LogP contribution in [0.1, 0.15) is 35.7 Å². The molecule has 2 aromatic carbocycles. The van der Waals surface area contributed by atoms with E-state index in [1.54, 1.807) is 7.11 Å². The second-order valence-electron chi connectivity index (χ2n) is 7.30. The zero-order valence-electron chi connectivity index (χ0n) is 16.9. The smallest absolute Gasteiger partial charge is 0.306 e. The second kappa shape index (κ2) is 8.40. The maximum atomic E-state index is 13.1. The molecule has 7 heteroatoms. The average Bonchev–Trinajstić information content (AvgIpc) is 3.14. The first kappa shape index (κ1) is 20.3.